The van der Waals surface area contributed by atoms with Crippen molar-refractivity contribution in [2.24, 2.45) is 7.05 Å². The Morgan fingerprint density at radius 2 is 1.78 bits per heavy atom. The van der Waals surface area contributed by atoms with E-state index in [1.54, 1.807) is 7.05 Å². The molecular weight excluding hydrogens is 228 g/mol. The van der Waals surface area contributed by atoms with E-state index in [9.17, 15) is 9.90 Å². The largest absolute Gasteiger partial charge is 0.477 e. The van der Waals surface area contributed by atoms with Crippen LogP contribution in [0.5, 0.6) is 0 Å². The number of nitrogens with zero attached hydrogens (tertiary/aromatic N) is 2. The summed E-state index contributed by atoms with van der Waals surface area (Å²) >= 11 is 0. The fourth-order valence-electron chi connectivity index (χ4n) is 2.10. The molecule has 4 heteroatoms. The van der Waals surface area contributed by atoms with Gasteiger partial charge >= 0.3 is 5.97 Å². The first kappa shape index (κ1) is 12.4. The minimum absolute atomic E-state index is 0.223. The van der Waals surface area contributed by atoms with Crippen molar-refractivity contribution in [3.8, 4) is 11.3 Å². The maximum Gasteiger partial charge on any atom is 0.354 e. The van der Waals surface area contributed by atoms with E-state index in [2.05, 4.69) is 11.1 Å². The molecule has 0 saturated carbocycles. The quantitative estimate of drug-likeness (QED) is 0.883. The molecule has 2 aromatic rings. The molecule has 1 aromatic carbocycles. The Balaban J connectivity index is 2.70. The second-order valence-corrected chi connectivity index (χ2v) is 4.61. The number of carboxylic acid groups (broad SMARTS) is 1. The molecule has 18 heavy (non-hydrogen) atoms. The zero-order chi connectivity index (χ0) is 13.4. The van der Waals surface area contributed by atoms with Crippen molar-refractivity contribution in [2.45, 2.75) is 20.8 Å². The first-order chi connectivity index (χ1) is 8.41. The smallest absolute Gasteiger partial charge is 0.354 e. The summed E-state index contributed by atoms with van der Waals surface area (Å²) in [7, 11) is 1.69. The molecule has 0 aliphatic rings. The van der Waals surface area contributed by atoms with Gasteiger partial charge in [0.2, 0.25) is 0 Å². The van der Waals surface area contributed by atoms with E-state index in [0.717, 1.165) is 16.7 Å². The van der Waals surface area contributed by atoms with Crippen LogP contribution in [-0.4, -0.2) is 20.6 Å². The van der Waals surface area contributed by atoms with Crippen LogP contribution in [0.4, 0.5) is 0 Å². The van der Waals surface area contributed by atoms with Crippen molar-refractivity contribution < 1.29 is 9.90 Å². The lowest BCUT2D eigenvalue weighted by Crippen LogP contribution is -2.06. The van der Waals surface area contributed by atoms with E-state index in [1.807, 2.05) is 26.8 Å². The lowest BCUT2D eigenvalue weighted by Gasteiger charge is -2.09. The van der Waals surface area contributed by atoms with Crippen molar-refractivity contribution in [3.05, 3.63) is 40.8 Å². The zero-order valence-corrected chi connectivity index (χ0v) is 11.0. The number of hydrogen-bond acceptors (Lipinski definition) is 2. The number of carbonyl (C=O) groups is 1. The average Bonchev–Trinajstić information content (AvgIpc) is 2.65. The van der Waals surface area contributed by atoms with Crippen LogP contribution in [0, 0.1) is 20.8 Å². The number of aromatic nitrogens is 2. The summed E-state index contributed by atoms with van der Waals surface area (Å²) in [5, 5.41) is 9.25. The number of aryl methyl sites for hydroxylation is 4. The summed E-state index contributed by atoms with van der Waals surface area (Å²) in [4.78, 5) is 15.5. The van der Waals surface area contributed by atoms with Gasteiger partial charge in [0, 0.05) is 12.6 Å². The van der Waals surface area contributed by atoms with Crippen LogP contribution in [0.2, 0.25) is 0 Å². The molecule has 0 spiro atoms. The van der Waals surface area contributed by atoms with E-state index in [1.165, 1.54) is 16.5 Å². The lowest BCUT2D eigenvalue weighted by molar-refractivity contribution is 0.0687. The van der Waals surface area contributed by atoms with Gasteiger partial charge in [-0.3, -0.25) is 0 Å². The molecule has 0 atom stereocenters. The Labute approximate surface area is 106 Å². The first-order valence-electron chi connectivity index (χ1n) is 5.74. The second-order valence-electron chi connectivity index (χ2n) is 4.61. The molecule has 94 valence electrons. The summed E-state index contributed by atoms with van der Waals surface area (Å²) in [5.41, 5.74) is 5.02. The molecule has 2 rings (SSSR count). The van der Waals surface area contributed by atoms with Gasteiger partial charge < -0.3 is 9.67 Å². The second kappa shape index (κ2) is 4.29. The summed E-state index contributed by atoms with van der Waals surface area (Å²) in [6, 6.07) is 4.06. The third-order valence-electron chi connectivity index (χ3n) is 3.24. The number of aromatic carboxylic acids is 1. The molecule has 0 bridgehead atoms. The molecule has 0 aliphatic heterocycles. The van der Waals surface area contributed by atoms with E-state index in [0.29, 0.717) is 5.69 Å². The summed E-state index contributed by atoms with van der Waals surface area (Å²) in [6.45, 7) is 6.03. The molecule has 1 aromatic heterocycles. The third kappa shape index (κ3) is 1.90. The Morgan fingerprint density at radius 3 is 2.39 bits per heavy atom. The molecule has 0 amide bonds. The number of benzene rings is 1. The summed E-state index contributed by atoms with van der Waals surface area (Å²) in [5.74, 6) is -0.956. The fourth-order valence-corrected chi connectivity index (χ4v) is 2.10. The van der Waals surface area contributed by atoms with Crippen LogP contribution in [0.15, 0.2) is 18.5 Å². The topological polar surface area (TPSA) is 55.1 Å². The maximum atomic E-state index is 11.3. The molecule has 1 heterocycles. The predicted molar refractivity (Wildman–Crippen MR) is 69.8 cm³/mol. The van der Waals surface area contributed by atoms with Crippen LogP contribution in [-0.2, 0) is 7.05 Å². The van der Waals surface area contributed by atoms with E-state index in [4.69, 9.17) is 0 Å². The fraction of sp³-hybridized carbons (Fsp3) is 0.286. The number of rotatable bonds is 2. The summed E-state index contributed by atoms with van der Waals surface area (Å²) in [6.07, 6.45) is 1.54. The van der Waals surface area contributed by atoms with Crippen molar-refractivity contribution in [2.75, 3.05) is 0 Å². The highest BCUT2D eigenvalue weighted by Gasteiger charge is 2.19. The Hall–Kier alpha value is -2.10. The standard InChI is InChI=1S/C14H16N2O2/c1-8-5-10(3)11(6-9(8)2)12-13(14(17)18)16(4)7-15-12/h5-7H,1-4H3,(H,17,18). The predicted octanol–water partition coefficient (Wildman–Crippen LogP) is 2.71. The van der Waals surface area contributed by atoms with Crippen molar-refractivity contribution in [1.29, 1.82) is 0 Å². The van der Waals surface area contributed by atoms with Gasteiger partial charge in [-0.2, -0.15) is 0 Å². The monoisotopic (exact) mass is 244 g/mol. The van der Waals surface area contributed by atoms with Gasteiger partial charge in [-0.1, -0.05) is 6.07 Å². The summed E-state index contributed by atoms with van der Waals surface area (Å²) < 4.78 is 1.53. The van der Waals surface area contributed by atoms with Crippen LogP contribution in [0.3, 0.4) is 0 Å². The van der Waals surface area contributed by atoms with E-state index >= 15 is 0 Å². The number of imidazole rings is 1. The molecule has 0 aliphatic carbocycles. The molecule has 0 unspecified atom stereocenters. The van der Waals surface area contributed by atoms with Crippen molar-refractivity contribution in [3.63, 3.8) is 0 Å². The van der Waals surface area contributed by atoms with E-state index in [-0.39, 0.29) is 5.69 Å². The lowest BCUT2D eigenvalue weighted by atomic mass is 9.98. The van der Waals surface area contributed by atoms with Crippen molar-refractivity contribution >= 4 is 5.97 Å². The normalized spacial score (nSPS) is 10.7. The van der Waals surface area contributed by atoms with Gasteiger partial charge in [0.25, 0.3) is 0 Å². The molecule has 0 saturated heterocycles. The average molecular weight is 244 g/mol. The van der Waals surface area contributed by atoms with Crippen molar-refractivity contribution in [1.82, 2.24) is 9.55 Å². The van der Waals surface area contributed by atoms with Crippen LogP contribution in [0.25, 0.3) is 11.3 Å². The highest BCUT2D eigenvalue weighted by Crippen LogP contribution is 2.27. The van der Waals surface area contributed by atoms with Gasteiger partial charge in [0.15, 0.2) is 5.69 Å². The van der Waals surface area contributed by atoms with Gasteiger partial charge in [0.05, 0.1) is 6.33 Å². The molecular formula is C14H16N2O2. The van der Waals surface area contributed by atoms with Crippen LogP contribution >= 0.6 is 0 Å². The maximum absolute atomic E-state index is 11.3. The molecule has 0 fully saturated rings. The Kier molecular flexibility index (Phi) is 2.95. The first-order valence-corrected chi connectivity index (χ1v) is 5.74. The van der Waals surface area contributed by atoms with Crippen LogP contribution in [0.1, 0.15) is 27.2 Å². The number of carboxylic acids is 1. The third-order valence-corrected chi connectivity index (χ3v) is 3.24. The van der Waals surface area contributed by atoms with Gasteiger partial charge in [-0.25, -0.2) is 9.78 Å². The zero-order valence-electron chi connectivity index (χ0n) is 11.0. The van der Waals surface area contributed by atoms with Gasteiger partial charge in [-0.05, 0) is 43.5 Å². The Morgan fingerprint density at radius 1 is 1.17 bits per heavy atom. The minimum atomic E-state index is -0.956. The van der Waals surface area contributed by atoms with Gasteiger partial charge in [0.1, 0.15) is 5.69 Å². The Bertz CT molecular complexity index is 627. The highest BCUT2D eigenvalue weighted by atomic mass is 16.4. The highest BCUT2D eigenvalue weighted by molar-refractivity contribution is 5.93. The van der Waals surface area contributed by atoms with Gasteiger partial charge in [-0.15, -0.1) is 0 Å². The molecule has 0 radical (unpaired) electrons. The molecule has 4 nitrogen and oxygen atoms in total. The van der Waals surface area contributed by atoms with Crippen LogP contribution < -0.4 is 0 Å². The van der Waals surface area contributed by atoms with E-state index < -0.39 is 5.97 Å². The number of hydrogen-bond donors (Lipinski definition) is 1. The molecule has 1 N–H and O–H groups in total. The SMILES string of the molecule is Cc1cc(C)c(-c2ncn(C)c2C(=O)O)cc1C. The minimum Gasteiger partial charge on any atom is -0.477 e.